The van der Waals surface area contributed by atoms with E-state index in [0.717, 1.165) is 10.5 Å². The zero-order valence-corrected chi connectivity index (χ0v) is 16.9. The van der Waals surface area contributed by atoms with E-state index < -0.39 is 24.5 Å². The fourth-order valence-electron chi connectivity index (χ4n) is 2.54. The number of rotatable bonds is 6. The number of hydrogen-bond donors (Lipinski definition) is 1. The van der Waals surface area contributed by atoms with Crippen molar-refractivity contribution >= 4 is 39.9 Å². The van der Waals surface area contributed by atoms with Crippen molar-refractivity contribution in [3.05, 3.63) is 69.6 Å². The maximum atomic E-state index is 13.0. The molecule has 0 unspecified atom stereocenters. The molecule has 1 aliphatic rings. The molecule has 1 saturated heterocycles. The number of halogens is 2. The van der Waals surface area contributed by atoms with Gasteiger partial charge in [0.2, 0.25) is 0 Å². The van der Waals surface area contributed by atoms with E-state index in [1.54, 1.807) is 30.3 Å². The van der Waals surface area contributed by atoms with Gasteiger partial charge in [-0.2, -0.15) is 0 Å². The SMILES string of the molecule is COC(=O)CN1C(=O)N/C(=C/c2ccc(OCc3ccc(F)cc3)c(Br)c2)C1=O. The zero-order valence-electron chi connectivity index (χ0n) is 15.3. The minimum atomic E-state index is -0.694. The van der Waals surface area contributed by atoms with Crippen molar-refractivity contribution in [3.63, 3.8) is 0 Å². The van der Waals surface area contributed by atoms with E-state index in [-0.39, 0.29) is 18.1 Å². The van der Waals surface area contributed by atoms with Gasteiger partial charge in [-0.1, -0.05) is 18.2 Å². The topological polar surface area (TPSA) is 84.9 Å². The van der Waals surface area contributed by atoms with Crippen molar-refractivity contribution in [2.75, 3.05) is 13.7 Å². The molecule has 3 amide bonds. The van der Waals surface area contributed by atoms with Gasteiger partial charge in [0.05, 0.1) is 11.6 Å². The number of nitrogens with one attached hydrogen (secondary N) is 1. The average molecular weight is 463 g/mol. The minimum absolute atomic E-state index is 0.0470. The van der Waals surface area contributed by atoms with Crippen LogP contribution in [0.15, 0.2) is 52.6 Å². The highest BCUT2D eigenvalue weighted by Gasteiger charge is 2.35. The number of hydrogen-bond acceptors (Lipinski definition) is 5. The summed E-state index contributed by atoms with van der Waals surface area (Å²) < 4.78 is 23.8. The Morgan fingerprint density at radius 3 is 2.59 bits per heavy atom. The molecule has 0 aromatic heterocycles. The van der Waals surface area contributed by atoms with Crippen LogP contribution in [0.4, 0.5) is 9.18 Å². The summed E-state index contributed by atoms with van der Waals surface area (Å²) in [4.78, 5) is 36.3. The molecule has 0 aliphatic carbocycles. The molecule has 1 heterocycles. The normalized spacial score (nSPS) is 14.9. The largest absolute Gasteiger partial charge is 0.488 e. The van der Waals surface area contributed by atoms with Crippen LogP contribution in [0.1, 0.15) is 11.1 Å². The van der Waals surface area contributed by atoms with Gasteiger partial charge in [-0.15, -0.1) is 0 Å². The van der Waals surface area contributed by atoms with Crippen molar-refractivity contribution in [2.45, 2.75) is 6.61 Å². The molecule has 3 rings (SSSR count). The molecule has 0 saturated carbocycles. The summed E-state index contributed by atoms with van der Waals surface area (Å²) in [7, 11) is 1.18. The fourth-order valence-corrected chi connectivity index (χ4v) is 3.05. The number of benzene rings is 2. The molecule has 0 atom stereocenters. The second-order valence-electron chi connectivity index (χ2n) is 6.06. The average Bonchev–Trinajstić information content (AvgIpc) is 2.96. The van der Waals surface area contributed by atoms with E-state index in [9.17, 15) is 18.8 Å². The minimum Gasteiger partial charge on any atom is -0.488 e. The first-order chi connectivity index (χ1) is 13.9. The van der Waals surface area contributed by atoms with E-state index in [1.165, 1.54) is 25.3 Å². The predicted octanol–water partition coefficient (Wildman–Crippen LogP) is 3.23. The van der Waals surface area contributed by atoms with Crippen molar-refractivity contribution < 1.29 is 28.2 Å². The van der Waals surface area contributed by atoms with E-state index in [2.05, 4.69) is 26.0 Å². The van der Waals surface area contributed by atoms with Crippen LogP contribution in [-0.2, 0) is 20.9 Å². The Balaban J connectivity index is 1.69. The molecule has 1 aliphatic heterocycles. The second-order valence-corrected chi connectivity index (χ2v) is 6.91. The summed E-state index contributed by atoms with van der Waals surface area (Å²) in [6.45, 7) is -0.200. The van der Waals surface area contributed by atoms with Gasteiger partial charge in [0, 0.05) is 0 Å². The van der Waals surface area contributed by atoms with Crippen LogP contribution >= 0.6 is 15.9 Å². The number of imide groups is 1. The van der Waals surface area contributed by atoms with Gasteiger partial charge in [-0.3, -0.25) is 9.59 Å². The molecular formula is C20H16BrFN2O5. The Morgan fingerprint density at radius 1 is 1.21 bits per heavy atom. The zero-order chi connectivity index (χ0) is 21.0. The van der Waals surface area contributed by atoms with Gasteiger partial charge in [0.25, 0.3) is 5.91 Å². The van der Waals surface area contributed by atoms with Gasteiger partial charge >= 0.3 is 12.0 Å². The summed E-state index contributed by atoms with van der Waals surface area (Å²) in [6.07, 6.45) is 1.49. The number of methoxy groups -OCH3 is 1. The molecule has 7 nitrogen and oxygen atoms in total. The van der Waals surface area contributed by atoms with Crippen molar-refractivity contribution in [1.82, 2.24) is 10.2 Å². The van der Waals surface area contributed by atoms with Crippen molar-refractivity contribution in [1.29, 1.82) is 0 Å². The third kappa shape index (κ3) is 5.00. The molecule has 29 heavy (non-hydrogen) atoms. The number of esters is 1. The first kappa shape index (κ1) is 20.5. The predicted molar refractivity (Wildman–Crippen MR) is 105 cm³/mol. The highest BCUT2D eigenvalue weighted by Crippen LogP contribution is 2.28. The lowest BCUT2D eigenvalue weighted by molar-refractivity contribution is -0.143. The van der Waals surface area contributed by atoms with Gasteiger partial charge in [0.15, 0.2) is 0 Å². The van der Waals surface area contributed by atoms with Crippen molar-refractivity contribution in [2.24, 2.45) is 0 Å². The summed E-state index contributed by atoms with van der Waals surface area (Å²) in [6, 6.07) is 10.4. The molecule has 0 spiro atoms. The van der Waals surface area contributed by atoms with Gasteiger partial charge < -0.3 is 14.8 Å². The molecule has 150 valence electrons. The Hall–Kier alpha value is -3.20. The third-order valence-electron chi connectivity index (χ3n) is 4.05. The van der Waals surface area contributed by atoms with Gasteiger partial charge in [0.1, 0.15) is 30.4 Å². The summed E-state index contributed by atoms with van der Waals surface area (Å²) in [5.74, 6) is -1.06. The van der Waals surface area contributed by atoms with Crippen LogP contribution in [0.3, 0.4) is 0 Å². The molecule has 1 N–H and O–H groups in total. The smallest absolute Gasteiger partial charge is 0.329 e. The highest BCUT2D eigenvalue weighted by molar-refractivity contribution is 9.10. The first-order valence-corrected chi connectivity index (χ1v) is 9.25. The molecular weight excluding hydrogens is 447 g/mol. The van der Waals surface area contributed by atoms with Gasteiger partial charge in [-0.05, 0) is 57.4 Å². The molecule has 1 fully saturated rings. The highest BCUT2D eigenvalue weighted by atomic mass is 79.9. The Morgan fingerprint density at radius 2 is 1.93 bits per heavy atom. The quantitative estimate of drug-likeness (QED) is 0.404. The second kappa shape index (κ2) is 8.87. The summed E-state index contributed by atoms with van der Waals surface area (Å²) >= 11 is 3.40. The van der Waals surface area contributed by atoms with E-state index in [4.69, 9.17) is 4.74 Å². The lowest BCUT2D eigenvalue weighted by Crippen LogP contribution is -2.36. The molecule has 2 aromatic carbocycles. The Kier molecular flexibility index (Phi) is 6.28. The molecule has 2 aromatic rings. The summed E-state index contributed by atoms with van der Waals surface area (Å²) in [5, 5.41) is 2.43. The van der Waals surface area contributed by atoms with Crippen LogP contribution in [0.2, 0.25) is 0 Å². The fraction of sp³-hybridized carbons (Fsp3) is 0.150. The number of urea groups is 1. The number of carbonyl (C=O) groups excluding carboxylic acids is 3. The van der Waals surface area contributed by atoms with Crippen LogP contribution in [0.25, 0.3) is 6.08 Å². The van der Waals surface area contributed by atoms with Crippen molar-refractivity contribution in [3.8, 4) is 5.75 Å². The van der Waals surface area contributed by atoms with E-state index in [0.29, 0.717) is 15.8 Å². The summed E-state index contributed by atoms with van der Waals surface area (Å²) in [5.41, 5.74) is 1.50. The Bertz CT molecular complexity index is 991. The Labute approximate surface area is 174 Å². The first-order valence-electron chi connectivity index (χ1n) is 8.45. The van der Waals surface area contributed by atoms with Crippen LogP contribution in [0.5, 0.6) is 5.75 Å². The van der Waals surface area contributed by atoms with Gasteiger partial charge in [-0.25, -0.2) is 14.1 Å². The third-order valence-corrected chi connectivity index (χ3v) is 4.67. The van der Waals surface area contributed by atoms with Crippen LogP contribution in [0, 0.1) is 5.82 Å². The lowest BCUT2D eigenvalue weighted by atomic mass is 10.2. The number of ether oxygens (including phenoxy) is 2. The van der Waals surface area contributed by atoms with Crippen LogP contribution < -0.4 is 10.1 Å². The lowest BCUT2D eigenvalue weighted by Gasteiger charge is -2.09. The monoisotopic (exact) mass is 462 g/mol. The maximum Gasteiger partial charge on any atom is 0.329 e. The number of amides is 3. The number of carbonyl (C=O) groups is 3. The maximum absolute atomic E-state index is 13.0. The standard InChI is InChI=1S/C20H16BrFN2O5/c1-28-18(25)10-24-19(26)16(23-20(24)27)9-13-4-7-17(15(21)8-13)29-11-12-2-5-14(22)6-3-12/h2-9H,10-11H2,1H3,(H,23,27)/b16-9+. The number of nitrogens with zero attached hydrogens (tertiary/aromatic N) is 1. The van der Waals surface area contributed by atoms with E-state index >= 15 is 0 Å². The molecule has 0 radical (unpaired) electrons. The molecule has 9 heteroatoms. The van der Waals surface area contributed by atoms with Crippen LogP contribution in [-0.4, -0.2) is 36.5 Å². The molecule has 0 bridgehead atoms. The van der Waals surface area contributed by atoms with E-state index in [1.807, 2.05) is 0 Å².